The van der Waals surface area contributed by atoms with Crippen molar-refractivity contribution in [3.63, 3.8) is 0 Å². The molecule has 2 aromatic carbocycles. The number of rotatable bonds is 8. The van der Waals surface area contributed by atoms with E-state index in [1.807, 2.05) is 0 Å². The Bertz CT molecular complexity index is 1290. The van der Waals surface area contributed by atoms with Crippen molar-refractivity contribution in [3.05, 3.63) is 101 Å². The lowest BCUT2D eigenvalue weighted by atomic mass is 10.0. The molecular formula is C25H23F2N3O4. The molecule has 2 atom stereocenters. The van der Waals surface area contributed by atoms with Crippen LogP contribution in [0.3, 0.4) is 0 Å². The molecule has 0 radical (unpaired) electrons. The fraction of sp³-hybridized carbons (Fsp3) is 0.200. The molecule has 176 valence electrons. The molecule has 7 nitrogen and oxygen atoms in total. The molecule has 0 saturated carbocycles. The van der Waals surface area contributed by atoms with Gasteiger partial charge >= 0.3 is 0 Å². The van der Waals surface area contributed by atoms with Crippen LogP contribution in [0.2, 0.25) is 0 Å². The minimum atomic E-state index is -1.22. The maximum absolute atomic E-state index is 14.0. The van der Waals surface area contributed by atoms with E-state index >= 15 is 0 Å². The number of aliphatic hydroxyl groups is 2. The quantitative estimate of drug-likeness (QED) is 0.370. The zero-order valence-corrected chi connectivity index (χ0v) is 18.3. The van der Waals surface area contributed by atoms with Crippen molar-refractivity contribution in [2.45, 2.75) is 25.7 Å². The Morgan fingerprint density at radius 1 is 1.09 bits per heavy atom. The second-order valence-corrected chi connectivity index (χ2v) is 7.71. The SMILES string of the molecule is Cc1nc2c(OCc3c(F)cccc3F)cccn2c1C(=O)N[C@H](c1ccccc1)[C@@H](O)CO. The Morgan fingerprint density at radius 3 is 2.47 bits per heavy atom. The van der Waals surface area contributed by atoms with Gasteiger partial charge in [0.25, 0.3) is 5.91 Å². The van der Waals surface area contributed by atoms with Crippen LogP contribution in [0, 0.1) is 18.6 Å². The van der Waals surface area contributed by atoms with E-state index < -0.39 is 36.3 Å². The van der Waals surface area contributed by atoms with Crippen molar-refractivity contribution >= 4 is 11.6 Å². The van der Waals surface area contributed by atoms with E-state index in [-0.39, 0.29) is 23.6 Å². The van der Waals surface area contributed by atoms with Gasteiger partial charge in [0.05, 0.1) is 23.9 Å². The van der Waals surface area contributed by atoms with Gasteiger partial charge in [0.1, 0.15) is 30.0 Å². The Hall–Kier alpha value is -3.82. The number of aliphatic hydroxyl groups excluding tert-OH is 2. The van der Waals surface area contributed by atoms with Gasteiger partial charge in [-0.05, 0) is 36.8 Å². The summed E-state index contributed by atoms with van der Waals surface area (Å²) in [7, 11) is 0. The Balaban J connectivity index is 1.63. The molecule has 0 saturated heterocycles. The van der Waals surface area contributed by atoms with E-state index in [0.29, 0.717) is 16.9 Å². The van der Waals surface area contributed by atoms with Crippen LogP contribution in [-0.2, 0) is 6.61 Å². The van der Waals surface area contributed by atoms with Gasteiger partial charge in [0.15, 0.2) is 11.4 Å². The number of aryl methyl sites for hydroxylation is 1. The highest BCUT2D eigenvalue weighted by atomic mass is 19.1. The van der Waals surface area contributed by atoms with Crippen LogP contribution in [0.15, 0.2) is 66.9 Å². The van der Waals surface area contributed by atoms with Crippen LogP contribution in [0.1, 0.15) is 33.4 Å². The van der Waals surface area contributed by atoms with Gasteiger partial charge in [-0.3, -0.25) is 9.20 Å². The number of pyridine rings is 1. The number of ether oxygens (including phenoxy) is 1. The predicted molar refractivity (Wildman–Crippen MR) is 120 cm³/mol. The Morgan fingerprint density at radius 2 is 1.79 bits per heavy atom. The van der Waals surface area contributed by atoms with Gasteiger partial charge in [0.2, 0.25) is 0 Å². The van der Waals surface area contributed by atoms with Crippen molar-refractivity contribution in [3.8, 4) is 5.75 Å². The van der Waals surface area contributed by atoms with E-state index in [2.05, 4.69) is 10.3 Å². The van der Waals surface area contributed by atoms with Gasteiger partial charge in [-0.25, -0.2) is 13.8 Å². The summed E-state index contributed by atoms with van der Waals surface area (Å²) in [5.74, 6) is -1.73. The Kier molecular flexibility index (Phi) is 6.85. The number of carbonyl (C=O) groups excluding carboxylic acids is 1. The number of nitrogens with zero attached hydrogens (tertiary/aromatic N) is 2. The first kappa shape index (κ1) is 23.3. The molecule has 2 heterocycles. The molecule has 4 aromatic rings. The summed E-state index contributed by atoms with van der Waals surface area (Å²) >= 11 is 0. The molecule has 4 rings (SSSR count). The van der Waals surface area contributed by atoms with E-state index in [1.54, 1.807) is 55.6 Å². The van der Waals surface area contributed by atoms with E-state index in [9.17, 15) is 23.8 Å². The molecule has 34 heavy (non-hydrogen) atoms. The number of hydrogen-bond donors (Lipinski definition) is 3. The largest absolute Gasteiger partial charge is 0.485 e. The van der Waals surface area contributed by atoms with Crippen LogP contribution >= 0.6 is 0 Å². The minimum absolute atomic E-state index is 0.198. The Labute approximate surface area is 194 Å². The van der Waals surface area contributed by atoms with E-state index in [4.69, 9.17) is 4.74 Å². The lowest BCUT2D eigenvalue weighted by Crippen LogP contribution is -2.38. The van der Waals surface area contributed by atoms with Gasteiger partial charge < -0.3 is 20.3 Å². The van der Waals surface area contributed by atoms with Gasteiger partial charge in [0, 0.05) is 6.20 Å². The number of halogens is 2. The van der Waals surface area contributed by atoms with Crippen LogP contribution in [-0.4, -0.2) is 38.2 Å². The molecule has 0 unspecified atom stereocenters. The summed E-state index contributed by atoms with van der Waals surface area (Å²) in [6, 6.07) is 14.7. The number of nitrogens with one attached hydrogen (secondary N) is 1. The molecule has 9 heteroatoms. The molecule has 1 amide bonds. The van der Waals surface area contributed by atoms with Gasteiger partial charge in [-0.1, -0.05) is 36.4 Å². The third kappa shape index (κ3) is 4.61. The maximum atomic E-state index is 14.0. The number of carbonyl (C=O) groups is 1. The monoisotopic (exact) mass is 467 g/mol. The third-order valence-corrected chi connectivity index (χ3v) is 5.45. The zero-order valence-electron chi connectivity index (χ0n) is 18.3. The van der Waals surface area contributed by atoms with Crippen LogP contribution in [0.4, 0.5) is 8.78 Å². The lowest BCUT2D eigenvalue weighted by molar-refractivity contribution is 0.0561. The van der Waals surface area contributed by atoms with Crippen molar-refractivity contribution in [1.82, 2.24) is 14.7 Å². The smallest absolute Gasteiger partial charge is 0.270 e. The molecule has 0 spiro atoms. The second-order valence-electron chi connectivity index (χ2n) is 7.71. The number of benzene rings is 2. The summed E-state index contributed by atoms with van der Waals surface area (Å²) in [5.41, 5.74) is 1.29. The summed E-state index contributed by atoms with van der Waals surface area (Å²) in [6.07, 6.45) is 0.390. The van der Waals surface area contributed by atoms with E-state index in [1.165, 1.54) is 10.5 Å². The predicted octanol–water partition coefficient (Wildman–Crippen LogP) is 3.32. The first-order valence-electron chi connectivity index (χ1n) is 10.6. The number of fused-ring (bicyclic) bond motifs is 1. The third-order valence-electron chi connectivity index (χ3n) is 5.45. The fourth-order valence-corrected chi connectivity index (χ4v) is 3.74. The van der Waals surface area contributed by atoms with Crippen LogP contribution in [0.5, 0.6) is 5.75 Å². The standard InChI is InChI=1S/C25H23F2N3O4/c1-15-23(25(33)29-22(20(32)13-31)16-7-3-2-4-8-16)30-12-6-11-21(24(30)28-15)34-14-17-18(26)9-5-10-19(17)27/h2-12,20,22,31-32H,13-14H2,1H3,(H,29,33)/t20-,22+/m0/s1. The zero-order chi connectivity index (χ0) is 24.2. The average molecular weight is 467 g/mol. The van der Waals surface area contributed by atoms with Crippen LogP contribution in [0.25, 0.3) is 5.65 Å². The number of imidazole rings is 1. The van der Waals surface area contributed by atoms with Crippen molar-refractivity contribution in [1.29, 1.82) is 0 Å². The summed E-state index contributed by atoms with van der Waals surface area (Å²) in [5, 5.41) is 22.5. The molecule has 0 aliphatic heterocycles. The average Bonchev–Trinajstić information content (AvgIpc) is 3.18. The van der Waals surface area contributed by atoms with Gasteiger partial charge in [-0.2, -0.15) is 0 Å². The first-order valence-corrected chi connectivity index (χ1v) is 10.6. The highest BCUT2D eigenvalue weighted by Crippen LogP contribution is 2.25. The molecular weight excluding hydrogens is 444 g/mol. The molecule has 0 aliphatic rings. The highest BCUT2D eigenvalue weighted by molar-refractivity contribution is 5.95. The van der Waals surface area contributed by atoms with Crippen molar-refractivity contribution in [2.75, 3.05) is 6.61 Å². The highest BCUT2D eigenvalue weighted by Gasteiger charge is 2.26. The fourth-order valence-electron chi connectivity index (χ4n) is 3.74. The molecule has 0 fully saturated rings. The summed E-state index contributed by atoms with van der Waals surface area (Å²) in [6.45, 7) is 0.739. The van der Waals surface area contributed by atoms with Crippen molar-refractivity contribution < 1.29 is 28.5 Å². The summed E-state index contributed by atoms with van der Waals surface area (Å²) in [4.78, 5) is 17.6. The maximum Gasteiger partial charge on any atom is 0.270 e. The van der Waals surface area contributed by atoms with Gasteiger partial charge in [-0.15, -0.1) is 0 Å². The molecule has 0 bridgehead atoms. The molecule has 0 aliphatic carbocycles. The summed E-state index contributed by atoms with van der Waals surface area (Å²) < 4.78 is 35.1. The van der Waals surface area contributed by atoms with Crippen LogP contribution < -0.4 is 10.1 Å². The normalized spacial score (nSPS) is 13.0. The second kappa shape index (κ2) is 9.98. The van der Waals surface area contributed by atoms with E-state index in [0.717, 1.165) is 12.1 Å². The first-order chi connectivity index (χ1) is 16.4. The number of amides is 1. The molecule has 3 N–H and O–H groups in total. The topological polar surface area (TPSA) is 96.1 Å². The minimum Gasteiger partial charge on any atom is -0.485 e. The lowest BCUT2D eigenvalue weighted by Gasteiger charge is -2.23. The van der Waals surface area contributed by atoms with Crippen molar-refractivity contribution in [2.24, 2.45) is 0 Å². The number of hydrogen-bond acceptors (Lipinski definition) is 5. The number of aromatic nitrogens is 2. The molecule has 2 aromatic heterocycles.